The van der Waals surface area contributed by atoms with Crippen LogP contribution in [0.4, 0.5) is 5.69 Å². The van der Waals surface area contributed by atoms with E-state index < -0.39 is 28.5 Å². The number of nitrogens with one attached hydrogen (secondary N) is 1. The minimum absolute atomic E-state index is 0.0135. The summed E-state index contributed by atoms with van der Waals surface area (Å²) in [5, 5.41) is 3.72. The fraction of sp³-hybridized carbons (Fsp3) is 0.259. The lowest BCUT2D eigenvalue weighted by molar-refractivity contribution is -0.140. The zero-order valence-electron chi connectivity index (χ0n) is 20.9. The number of halogens is 3. The first kappa shape index (κ1) is 29.8. The van der Waals surface area contributed by atoms with Crippen LogP contribution in [-0.4, -0.2) is 44.3 Å². The summed E-state index contributed by atoms with van der Waals surface area (Å²) in [5.74, 6) is -0.919. The number of sulfonamides is 1. The highest BCUT2D eigenvalue weighted by Crippen LogP contribution is 2.28. The van der Waals surface area contributed by atoms with Gasteiger partial charge in [-0.1, -0.05) is 72.1 Å². The van der Waals surface area contributed by atoms with Crippen molar-refractivity contribution in [3.05, 3.63) is 93.4 Å². The molecule has 0 heterocycles. The van der Waals surface area contributed by atoms with Gasteiger partial charge in [0, 0.05) is 18.1 Å². The van der Waals surface area contributed by atoms with Gasteiger partial charge in [0.1, 0.15) is 12.6 Å². The molecule has 0 aliphatic rings. The number of carbonyl (C=O) groups is 2. The maximum Gasteiger partial charge on any atom is 0.264 e. The number of hydrogen-bond acceptors (Lipinski definition) is 4. The molecule has 0 aliphatic carbocycles. The molecule has 1 atom stereocenters. The first-order chi connectivity index (χ1) is 18.1. The minimum Gasteiger partial charge on any atom is -0.355 e. The van der Waals surface area contributed by atoms with E-state index in [0.29, 0.717) is 33.6 Å². The van der Waals surface area contributed by atoms with Gasteiger partial charge in [0.25, 0.3) is 10.0 Å². The highest BCUT2D eigenvalue weighted by molar-refractivity contribution is 7.92. The number of likely N-dealkylation sites (N-methyl/N-ethyl adjacent to an activating group) is 1. The third-order valence-corrected chi connectivity index (χ3v) is 8.54. The van der Waals surface area contributed by atoms with Crippen molar-refractivity contribution in [1.29, 1.82) is 0 Å². The van der Waals surface area contributed by atoms with E-state index in [9.17, 15) is 18.0 Å². The SMILES string of the molecule is CCNC(=O)[C@@H](CC)N(Cc1ccc(Cl)c(Cl)c1)C(=O)CN(c1cccc(Cl)c1)S(=O)(=O)c1ccccc1. The first-order valence-electron chi connectivity index (χ1n) is 11.9. The Morgan fingerprint density at radius 1 is 0.895 bits per heavy atom. The van der Waals surface area contributed by atoms with Crippen LogP contribution in [0.15, 0.2) is 77.7 Å². The van der Waals surface area contributed by atoms with Crippen LogP contribution in [0.3, 0.4) is 0 Å². The average molecular weight is 597 g/mol. The Bertz CT molecular complexity index is 1390. The highest BCUT2D eigenvalue weighted by Gasteiger charge is 2.33. The lowest BCUT2D eigenvalue weighted by atomic mass is 10.1. The zero-order chi connectivity index (χ0) is 27.9. The molecule has 11 heteroatoms. The molecule has 0 radical (unpaired) electrons. The van der Waals surface area contributed by atoms with Gasteiger partial charge in [-0.3, -0.25) is 13.9 Å². The Hall–Kier alpha value is -2.78. The lowest BCUT2D eigenvalue weighted by Crippen LogP contribution is -2.52. The van der Waals surface area contributed by atoms with Crippen LogP contribution >= 0.6 is 34.8 Å². The van der Waals surface area contributed by atoms with Gasteiger partial charge in [0.15, 0.2) is 0 Å². The van der Waals surface area contributed by atoms with E-state index in [4.69, 9.17) is 34.8 Å². The molecule has 38 heavy (non-hydrogen) atoms. The molecule has 3 aromatic carbocycles. The van der Waals surface area contributed by atoms with Crippen LogP contribution < -0.4 is 9.62 Å². The summed E-state index contributed by atoms with van der Waals surface area (Å²) in [5.41, 5.74) is 0.853. The van der Waals surface area contributed by atoms with E-state index >= 15 is 0 Å². The topological polar surface area (TPSA) is 86.8 Å². The molecule has 7 nitrogen and oxygen atoms in total. The van der Waals surface area contributed by atoms with Crippen molar-refractivity contribution in [2.45, 2.75) is 37.8 Å². The number of rotatable bonds is 11. The van der Waals surface area contributed by atoms with Gasteiger partial charge in [-0.05, 0) is 61.4 Å². The van der Waals surface area contributed by atoms with Gasteiger partial charge in [0.05, 0.1) is 20.6 Å². The Kier molecular flexibility index (Phi) is 10.4. The number of hydrogen-bond donors (Lipinski definition) is 1. The zero-order valence-corrected chi connectivity index (χ0v) is 24.0. The molecule has 0 aliphatic heterocycles. The van der Waals surface area contributed by atoms with Crippen LogP contribution in [0.1, 0.15) is 25.8 Å². The number of nitrogens with zero attached hydrogens (tertiary/aromatic N) is 2. The van der Waals surface area contributed by atoms with Crippen LogP contribution in [0.5, 0.6) is 0 Å². The molecule has 0 bridgehead atoms. The van der Waals surface area contributed by atoms with Crippen molar-refractivity contribution < 1.29 is 18.0 Å². The van der Waals surface area contributed by atoms with Gasteiger partial charge < -0.3 is 10.2 Å². The molecule has 0 unspecified atom stereocenters. The van der Waals surface area contributed by atoms with E-state index in [-0.39, 0.29) is 23.0 Å². The van der Waals surface area contributed by atoms with Crippen LogP contribution in [-0.2, 0) is 26.2 Å². The average Bonchev–Trinajstić information content (AvgIpc) is 2.89. The molecule has 0 spiro atoms. The number of carbonyl (C=O) groups excluding carboxylic acids is 2. The molecule has 3 aromatic rings. The van der Waals surface area contributed by atoms with Crippen molar-refractivity contribution in [2.75, 3.05) is 17.4 Å². The molecular weight excluding hydrogens is 569 g/mol. The predicted octanol–water partition coefficient (Wildman–Crippen LogP) is 5.79. The Morgan fingerprint density at radius 2 is 1.61 bits per heavy atom. The summed E-state index contributed by atoms with van der Waals surface area (Å²) in [6, 6.07) is 18.1. The van der Waals surface area contributed by atoms with E-state index in [1.165, 1.54) is 23.1 Å². The summed E-state index contributed by atoms with van der Waals surface area (Å²) in [6.07, 6.45) is 0.307. The lowest BCUT2D eigenvalue weighted by Gasteiger charge is -2.33. The maximum absolute atomic E-state index is 13.9. The second-order valence-corrected chi connectivity index (χ2v) is 11.5. The predicted molar refractivity (Wildman–Crippen MR) is 152 cm³/mol. The fourth-order valence-electron chi connectivity index (χ4n) is 3.93. The van der Waals surface area contributed by atoms with Gasteiger partial charge in [-0.2, -0.15) is 0 Å². The quantitative estimate of drug-likeness (QED) is 0.304. The number of anilines is 1. The summed E-state index contributed by atoms with van der Waals surface area (Å²) < 4.78 is 28.4. The standard InChI is InChI=1S/C27H28Cl3N3O4S/c1-3-25(27(35)31-4-2)32(17-19-13-14-23(29)24(30)15-19)26(34)18-33(21-10-8-9-20(28)16-21)38(36,37)22-11-6-5-7-12-22/h5-16,25H,3-4,17-18H2,1-2H3,(H,31,35)/t25-/m1/s1. The van der Waals surface area contributed by atoms with Gasteiger partial charge in [-0.25, -0.2) is 8.42 Å². The van der Waals surface area contributed by atoms with Crippen molar-refractivity contribution >= 4 is 62.3 Å². The summed E-state index contributed by atoms with van der Waals surface area (Å²) in [4.78, 5) is 28.2. The van der Waals surface area contributed by atoms with Crippen molar-refractivity contribution in [3.63, 3.8) is 0 Å². The normalized spacial score (nSPS) is 12.0. The summed E-state index contributed by atoms with van der Waals surface area (Å²) in [6.45, 7) is 3.39. The maximum atomic E-state index is 13.9. The van der Waals surface area contributed by atoms with Gasteiger partial charge in [-0.15, -0.1) is 0 Å². The Labute approximate surface area is 238 Å². The molecule has 0 saturated carbocycles. The summed E-state index contributed by atoms with van der Waals surface area (Å²) in [7, 11) is -4.16. The molecular formula is C27H28Cl3N3O4S. The van der Waals surface area contributed by atoms with E-state index in [1.807, 2.05) is 0 Å². The monoisotopic (exact) mass is 595 g/mol. The molecule has 0 aromatic heterocycles. The van der Waals surface area contributed by atoms with E-state index in [1.54, 1.807) is 68.4 Å². The van der Waals surface area contributed by atoms with Gasteiger partial charge >= 0.3 is 0 Å². The molecule has 1 N–H and O–H groups in total. The number of benzene rings is 3. The molecule has 202 valence electrons. The molecule has 2 amide bonds. The third kappa shape index (κ3) is 7.20. The van der Waals surface area contributed by atoms with Crippen molar-refractivity contribution in [2.24, 2.45) is 0 Å². The second kappa shape index (κ2) is 13.3. The van der Waals surface area contributed by atoms with E-state index in [2.05, 4.69) is 5.32 Å². The first-order valence-corrected chi connectivity index (χ1v) is 14.5. The van der Waals surface area contributed by atoms with Crippen molar-refractivity contribution in [1.82, 2.24) is 10.2 Å². The van der Waals surface area contributed by atoms with Crippen LogP contribution in [0, 0.1) is 0 Å². The fourth-order valence-corrected chi connectivity index (χ4v) is 5.86. The molecule has 0 saturated heterocycles. The third-order valence-electron chi connectivity index (χ3n) is 5.78. The van der Waals surface area contributed by atoms with Crippen LogP contribution in [0.2, 0.25) is 15.1 Å². The molecule has 0 fully saturated rings. The Balaban J connectivity index is 2.06. The minimum atomic E-state index is -4.16. The largest absolute Gasteiger partial charge is 0.355 e. The van der Waals surface area contributed by atoms with Crippen LogP contribution in [0.25, 0.3) is 0 Å². The second-order valence-electron chi connectivity index (χ2n) is 8.39. The highest BCUT2D eigenvalue weighted by atomic mass is 35.5. The smallest absolute Gasteiger partial charge is 0.264 e. The van der Waals surface area contributed by atoms with Gasteiger partial charge in [0.2, 0.25) is 11.8 Å². The van der Waals surface area contributed by atoms with E-state index in [0.717, 1.165) is 4.31 Å². The van der Waals surface area contributed by atoms with Crippen molar-refractivity contribution in [3.8, 4) is 0 Å². The molecule has 3 rings (SSSR count). The number of amides is 2. The summed E-state index contributed by atoms with van der Waals surface area (Å²) >= 11 is 18.4. The Morgan fingerprint density at radius 3 is 2.21 bits per heavy atom.